The van der Waals surface area contributed by atoms with Crippen LogP contribution in [0.15, 0.2) is 30.6 Å². The van der Waals surface area contributed by atoms with Gasteiger partial charge in [0.05, 0.1) is 11.4 Å². The second-order valence-corrected chi connectivity index (χ2v) is 4.95. The largest absolute Gasteiger partial charge is 0.380 e. The van der Waals surface area contributed by atoms with E-state index in [1.54, 1.807) is 11.0 Å². The maximum absolute atomic E-state index is 5.83. The van der Waals surface area contributed by atoms with Gasteiger partial charge in [-0.05, 0) is 47.9 Å². The lowest BCUT2D eigenvalue weighted by Gasteiger charge is -2.22. The van der Waals surface area contributed by atoms with Crippen LogP contribution >= 0.6 is 0 Å². The lowest BCUT2D eigenvalue weighted by molar-refractivity contribution is 0.516. The van der Waals surface area contributed by atoms with Crippen molar-refractivity contribution in [1.29, 1.82) is 0 Å². The van der Waals surface area contributed by atoms with E-state index in [0.717, 1.165) is 17.9 Å². The van der Waals surface area contributed by atoms with Gasteiger partial charge in [-0.25, -0.2) is 0 Å². The maximum atomic E-state index is 5.83. The SMILES string of the molecule is NCC1CCCC1Nc1ccccc1-n1cnnn1. The molecule has 0 radical (unpaired) electrons. The Kier molecular flexibility index (Phi) is 3.41. The highest BCUT2D eigenvalue weighted by atomic mass is 15.5. The van der Waals surface area contributed by atoms with E-state index in [1.165, 1.54) is 19.3 Å². The zero-order valence-corrected chi connectivity index (χ0v) is 10.7. The van der Waals surface area contributed by atoms with Crippen molar-refractivity contribution in [2.75, 3.05) is 11.9 Å². The van der Waals surface area contributed by atoms with Crippen molar-refractivity contribution >= 4 is 5.69 Å². The van der Waals surface area contributed by atoms with Crippen LogP contribution in [0.25, 0.3) is 5.69 Å². The molecule has 19 heavy (non-hydrogen) atoms. The number of anilines is 1. The molecule has 6 nitrogen and oxygen atoms in total. The van der Waals surface area contributed by atoms with Gasteiger partial charge in [-0.1, -0.05) is 18.6 Å². The fourth-order valence-electron chi connectivity index (χ4n) is 2.78. The van der Waals surface area contributed by atoms with Gasteiger partial charge in [-0.15, -0.1) is 5.10 Å². The highest BCUT2D eigenvalue weighted by Gasteiger charge is 2.26. The molecule has 0 bridgehead atoms. The minimum absolute atomic E-state index is 0.447. The molecule has 100 valence electrons. The van der Waals surface area contributed by atoms with Gasteiger partial charge in [0.25, 0.3) is 0 Å². The monoisotopic (exact) mass is 258 g/mol. The molecule has 1 heterocycles. The smallest absolute Gasteiger partial charge is 0.143 e. The quantitative estimate of drug-likeness (QED) is 0.861. The van der Waals surface area contributed by atoms with Gasteiger partial charge < -0.3 is 11.1 Å². The summed E-state index contributed by atoms with van der Waals surface area (Å²) >= 11 is 0. The van der Waals surface area contributed by atoms with Crippen molar-refractivity contribution in [3.05, 3.63) is 30.6 Å². The first-order valence-corrected chi connectivity index (χ1v) is 6.67. The summed E-state index contributed by atoms with van der Waals surface area (Å²) in [5.41, 5.74) is 7.86. The molecule has 0 aliphatic heterocycles. The Morgan fingerprint density at radius 3 is 3.00 bits per heavy atom. The number of para-hydroxylation sites is 2. The third-order valence-electron chi connectivity index (χ3n) is 3.80. The van der Waals surface area contributed by atoms with Gasteiger partial charge in [0.15, 0.2) is 0 Å². The normalized spacial score (nSPS) is 22.6. The first-order chi connectivity index (χ1) is 9.38. The van der Waals surface area contributed by atoms with Gasteiger partial charge in [-0.3, -0.25) is 0 Å². The molecule has 1 fully saturated rings. The predicted octanol–water partition coefficient (Wildman–Crippen LogP) is 1.20. The number of hydrogen-bond donors (Lipinski definition) is 2. The molecule has 1 aliphatic carbocycles. The Morgan fingerprint density at radius 1 is 1.32 bits per heavy atom. The van der Waals surface area contributed by atoms with Crippen molar-refractivity contribution in [1.82, 2.24) is 20.2 Å². The lowest BCUT2D eigenvalue weighted by Crippen LogP contribution is -2.29. The number of nitrogens with one attached hydrogen (secondary N) is 1. The number of hydrogen-bond acceptors (Lipinski definition) is 5. The topological polar surface area (TPSA) is 81.6 Å². The summed E-state index contributed by atoms with van der Waals surface area (Å²) in [6.45, 7) is 0.741. The lowest BCUT2D eigenvalue weighted by atomic mass is 10.0. The van der Waals surface area contributed by atoms with Crippen LogP contribution in [0.5, 0.6) is 0 Å². The summed E-state index contributed by atoms with van der Waals surface area (Å²) in [5.74, 6) is 0.557. The average Bonchev–Trinajstić information content (AvgIpc) is 3.10. The minimum atomic E-state index is 0.447. The maximum Gasteiger partial charge on any atom is 0.143 e. The second kappa shape index (κ2) is 5.36. The van der Waals surface area contributed by atoms with Crippen molar-refractivity contribution in [2.45, 2.75) is 25.3 Å². The van der Waals surface area contributed by atoms with E-state index in [2.05, 4.69) is 26.9 Å². The van der Waals surface area contributed by atoms with Gasteiger partial charge in [-0.2, -0.15) is 4.68 Å². The van der Waals surface area contributed by atoms with E-state index in [1.807, 2.05) is 18.2 Å². The van der Waals surface area contributed by atoms with Crippen LogP contribution in [0.4, 0.5) is 5.69 Å². The van der Waals surface area contributed by atoms with Crippen molar-refractivity contribution in [3.63, 3.8) is 0 Å². The Labute approximate surface area is 112 Å². The number of benzene rings is 1. The number of aromatic nitrogens is 4. The van der Waals surface area contributed by atoms with Crippen LogP contribution < -0.4 is 11.1 Å². The van der Waals surface area contributed by atoms with E-state index in [4.69, 9.17) is 5.73 Å². The summed E-state index contributed by atoms with van der Waals surface area (Å²) < 4.78 is 1.68. The van der Waals surface area contributed by atoms with Gasteiger partial charge in [0, 0.05) is 6.04 Å². The first-order valence-electron chi connectivity index (χ1n) is 6.67. The Morgan fingerprint density at radius 2 is 2.21 bits per heavy atom. The van der Waals surface area contributed by atoms with Gasteiger partial charge in [0.2, 0.25) is 0 Å². The van der Waals surface area contributed by atoms with Crippen LogP contribution in [0.3, 0.4) is 0 Å². The Bertz CT molecular complexity index is 524. The molecule has 1 aliphatic rings. The van der Waals surface area contributed by atoms with Crippen LogP contribution in [-0.2, 0) is 0 Å². The molecule has 1 aromatic heterocycles. The zero-order chi connectivity index (χ0) is 13.1. The molecule has 1 saturated carbocycles. The molecule has 2 atom stereocenters. The molecule has 3 N–H and O–H groups in total. The fraction of sp³-hybridized carbons (Fsp3) is 0.462. The highest BCUT2D eigenvalue weighted by molar-refractivity contribution is 5.61. The average molecular weight is 258 g/mol. The highest BCUT2D eigenvalue weighted by Crippen LogP contribution is 2.29. The molecular formula is C13H18N6. The predicted molar refractivity (Wildman–Crippen MR) is 73.0 cm³/mol. The van der Waals surface area contributed by atoms with E-state index >= 15 is 0 Å². The molecular weight excluding hydrogens is 240 g/mol. The molecule has 2 aromatic rings. The van der Waals surface area contributed by atoms with Crippen LogP contribution in [0, 0.1) is 5.92 Å². The zero-order valence-electron chi connectivity index (χ0n) is 10.7. The first kappa shape index (κ1) is 12.1. The summed E-state index contributed by atoms with van der Waals surface area (Å²) in [6.07, 6.45) is 5.23. The van der Waals surface area contributed by atoms with E-state index in [9.17, 15) is 0 Å². The number of tetrazole rings is 1. The van der Waals surface area contributed by atoms with Gasteiger partial charge >= 0.3 is 0 Å². The Balaban J connectivity index is 1.85. The molecule has 0 saturated heterocycles. The van der Waals surface area contributed by atoms with Gasteiger partial charge in [0.1, 0.15) is 6.33 Å². The standard InChI is InChI=1S/C13H18N6/c14-8-10-4-3-6-11(10)16-12-5-1-2-7-13(12)19-9-15-17-18-19/h1-2,5,7,9-11,16H,3-4,6,8,14H2. The van der Waals surface area contributed by atoms with Crippen molar-refractivity contribution < 1.29 is 0 Å². The minimum Gasteiger partial charge on any atom is -0.380 e. The molecule has 6 heteroatoms. The van der Waals surface area contributed by atoms with Crippen LogP contribution in [-0.4, -0.2) is 32.8 Å². The molecule has 2 unspecified atom stereocenters. The van der Waals surface area contributed by atoms with E-state index in [0.29, 0.717) is 12.0 Å². The fourth-order valence-corrected chi connectivity index (χ4v) is 2.78. The van der Waals surface area contributed by atoms with Crippen molar-refractivity contribution in [2.24, 2.45) is 11.7 Å². The van der Waals surface area contributed by atoms with E-state index < -0.39 is 0 Å². The third kappa shape index (κ3) is 2.44. The molecule has 1 aromatic carbocycles. The molecule has 3 rings (SSSR count). The van der Waals surface area contributed by atoms with Crippen LogP contribution in [0.2, 0.25) is 0 Å². The summed E-state index contributed by atoms with van der Waals surface area (Å²) in [4.78, 5) is 0. The van der Waals surface area contributed by atoms with Crippen LogP contribution in [0.1, 0.15) is 19.3 Å². The summed E-state index contributed by atoms with van der Waals surface area (Å²) in [6, 6.07) is 8.51. The number of nitrogens with zero attached hydrogens (tertiary/aromatic N) is 4. The second-order valence-electron chi connectivity index (χ2n) is 4.95. The summed E-state index contributed by atoms with van der Waals surface area (Å²) in [5, 5.41) is 14.9. The molecule has 0 amide bonds. The number of nitrogens with two attached hydrogens (primary N) is 1. The van der Waals surface area contributed by atoms with Crippen molar-refractivity contribution in [3.8, 4) is 5.69 Å². The number of rotatable bonds is 4. The summed E-state index contributed by atoms with van der Waals surface area (Å²) in [7, 11) is 0. The van der Waals surface area contributed by atoms with E-state index in [-0.39, 0.29) is 0 Å². The third-order valence-corrected chi connectivity index (χ3v) is 3.80. The Hall–Kier alpha value is -1.95. The molecule has 0 spiro atoms.